The highest BCUT2D eigenvalue weighted by molar-refractivity contribution is 5.94. The molecule has 3 rings (SSSR count). The lowest BCUT2D eigenvalue weighted by atomic mass is 9.82. The molecule has 6 heteroatoms. The van der Waals surface area contributed by atoms with Gasteiger partial charge in [0.2, 0.25) is 0 Å². The number of halogens is 1. The van der Waals surface area contributed by atoms with Gasteiger partial charge in [0.25, 0.3) is 1.45 Å². The Balaban J connectivity index is 0.00000127. The summed E-state index contributed by atoms with van der Waals surface area (Å²) in [6.45, 7) is 0.457. The van der Waals surface area contributed by atoms with Crippen LogP contribution in [0.2, 0.25) is 0 Å². The molecule has 0 aliphatic heterocycles. The molecule has 0 aromatic heterocycles. The lowest BCUT2D eigenvalue weighted by molar-refractivity contribution is -0.138. The Morgan fingerprint density at radius 3 is 2.59 bits per heavy atom. The first-order valence-corrected chi connectivity index (χ1v) is 8.41. The standard InChI is InChI=1S/C20H22N2O3.CH4.FH/c21-20(22)15-4-1-13(2-5-15)12-25-18-8-7-16-9-14(10-19(23)24)3-6-17(16)11-18;;/h1-2,4-5,7-8,11,14H,3,6,9-10,12H2,(H3,21,22)(H,23,24);1H4;1H/i/hT. The van der Waals surface area contributed by atoms with Gasteiger partial charge in [0, 0.05) is 12.0 Å². The van der Waals surface area contributed by atoms with Crippen molar-refractivity contribution in [1.82, 2.24) is 0 Å². The number of hydrogen-bond donors (Lipinski definition) is 3. The zero-order valence-electron chi connectivity index (χ0n) is 15.4. The smallest absolute Gasteiger partial charge is 0.303 e. The predicted molar refractivity (Wildman–Crippen MR) is 105 cm³/mol. The summed E-state index contributed by atoms with van der Waals surface area (Å²) in [5, 5.41) is 16.3. The van der Waals surface area contributed by atoms with E-state index in [1.165, 1.54) is 11.1 Å². The number of carbonyl (C=O) groups is 1. The molecule has 1 atom stereocenters. The fourth-order valence-electron chi connectivity index (χ4n) is 3.27. The Kier molecular flexibility index (Phi) is 7.34. The van der Waals surface area contributed by atoms with Crippen LogP contribution in [0.15, 0.2) is 42.5 Å². The lowest BCUT2D eigenvalue weighted by Gasteiger charge is -2.24. The van der Waals surface area contributed by atoms with E-state index in [0.29, 0.717) is 12.2 Å². The van der Waals surface area contributed by atoms with Crippen LogP contribution in [0, 0.1) is 11.3 Å². The van der Waals surface area contributed by atoms with Crippen LogP contribution in [-0.4, -0.2) is 18.4 Å². The third-order valence-corrected chi connectivity index (χ3v) is 4.64. The third kappa shape index (κ3) is 5.81. The molecule has 5 nitrogen and oxygen atoms in total. The summed E-state index contributed by atoms with van der Waals surface area (Å²) >= 11 is 0. The Labute approximate surface area is 160 Å². The molecule has 1 aliphatic carbocycles. The van der Waals surface area contributed by atoms with Gasteiger partial charge in [-0.05, 0) is 54.0 Å². The minimum absolute atomic E-state index is 0. The molecule has 27 heavy (non-hydrogen) atoms. The van der Waals surface area contributed by atoms with Crippen molar-refractivity contribution in [3.8, 4) is 5.75 Å². The number of rotatable bonds is 6. The monoisotopic (exact) mass is 376 g/mol. The summed E-state index contributed by atoms with van der Waals surface area (Å²) < 4.78 is 18.9. The zero-order valence-corrected chi connectivity index (χ0v) is 14.4. The van der Waals surface area contributed by atoms with E-state index < -0.39 is 5.97 Å². The van der Waals surface area contributed by atoms with Gasteiger partial charge in [0.15, 0.2) is 0 Å². The minimum Gasteiger partial charge on any atom is -0.489 e. The molecule has 0 spiro atoms. The van der Waals surface area contributed by atoms with Crippen LogP contribution >= 0.6 is 0 Å². The van der Waals surface area contributed by atoms with E-state index in [4.69, 9.17) is 25.7 Å². The highest BCUT2D eigenvalue weighted by Gasteiger charge is 2.21. The van der Waals surface area contributed by atoms with Crippen molar-refractivity contribution in [1.29, 1.82) is 6.86 Å². The zero-order chi connectivity index (χ0) is 19.8. The van der Waals surface area contributed by atoms with E-state index in [1.54, 1.807) is 0 Å². The largest absolute Gasteiger partial charge is 0.489 e. The molecule has 0 heterocycles. The maximum Gasteiger partial charge on any atom is 0.303 e. The van der Waals surface area contributed by atoms with Crippen molar-refractivity contribution < 1.29 is 19.4 Å². The first kappa shape index (κ1) is 20.4. The first-order chi connectivity index (χ1) is 13.0. The van der Waals surface area contributed by atoms with E-state index in [2.05, 4.69) is 13.6 Å². The molecule has 0 radical (unpaired) electrons. The number of ether oxygens (including phenoxy) is 1. The number of carboxylic acids is 1. The lowest BCUT2D eigenvalue weighted by Crippen LogP contribution is -2.17. The van der Waals surface area contributed by atoms with Crippen LogP contribution in [0.25, 0.3) is 0 Å². The molecule has 0 fully saturated rings. The number of aryl methyl sites for hydroxylation is 1. The van der Waals surface area contributed by atoms with E-state index >= 15 is 0 Å². The highest BCUT2D eigenvalue weighted by atomic mass is 19.0. The number of nitrogen functional groups attached to an aromatic ring is 1. The summed E-state index contributed by atoms with van der Waals surface area (Å²) in [6.07, 6.45) is 2.88. The molecule has 0 amide bonds. The number of aliphatic carboxylic acids is 1. The highest BCUT2D eigenvalue weighted by Crippen LogP contribution is 2.30. The third-order valence-electron chi connectivity index (χ3n) is 4.64. The molecular formula is C21H27FN2O3. The Bertz CT molecular complexity index is 797. The first-order valence-electron chi connectivity index (χ1n) is 8.79. The summed E-state index contributed by atoms with van der Waals surface area (Å²) in [7, 11) is 0. The number of nitrogens with two attached hydrogens (primary N) is 1. The Hall–Kier alpha value is -2.89. The van der Waals surface area contributed by atoms with Gasteiger partial charge in [-0.25, -0.2) is 0 Å². The van der Waals surface area contributed by atoms with E-state index in [1.807, 2.05) is 30.3 Å². The number of benzene rings is 2. The fourth-order valence-corrected chi connectivity index (χ4v) is 3.27. The molecule has 2 aromatic carbocycles. The SMILES string of the molecule is C.N=C(N)c1ccc(COc2ccc3c(c2)CCC(CC(=O)O)C3)cc1.[3H]F. The molecule has 0 saturated heterocycles. The van der Waals surface area contributed by atoms with Gasteiger partial charge in [-0.1, -0.05) is 37.8 Å². The normalized spacial score (nSPS) is 15.1. The van der Waals surface area contributed by atoms with Gasteiger partial charge < -0.3 is 15.6 Å². The van der Waals surface area contributed by atoms with Gasteiger partial charge in [-0.3, -0.25) is 14.9 Å². The van der Waals surface area contributed by atoms with Crippen LogP contribution in [-0.2, 0) is 24.2 Å². The Morgan fingerprint density at radius 2 is 1.96 bits per heavy atom. The van der Waals surface area contributed by atoms with Crippen molar-refractivity contribution in [2.75, 3.05) is 0 Å². The predicted octanol–water partition coefficient (Wildman–Crippen LogP) is 3.92. The molecular weight excluding hydrogens is 347 g/mol. The second-order valence-electron chi connectivity index (χ2n) is 6.54. The molecule has 0 saturated carbocycles. The van der Waals surface area contributed by atoms with Crippen molar-refractivity contribution in [3.05, 3.63) is 64.7 Å². The fraction of sp³-hybridized carbons (Fsp3) is 0.333. The molecule has 2 aromatic rings. The molecule has 0 bridgehead atoms. The van der Waals surface area contributed by atoms with Crippen LogP contribution in [0.4, 0.5) is 4.72 Å². The number of hydrogen-bond acceptors (Lipinski definition) is 3. The molecule has 146 valence electrons. The average Bonchev–Trinajstić information content (AvgIpc) is 2.67. The van der Waals surface area contributed by atoms with Gasteiger partial charge in [0.1, 0.15) is 18.2 Å². The topological polar surface area (TPSA) is 96.4 Å². The summed E-state index contributed by atoms with van der Waals surface area (Å²) in [5.41, 5.74) is 9.66. The summed E-state index contributed by atoms with van der Waals surface area (Å²) in [6, 6.07) is 13.5. The summed E-state index contributed by atoms with van der Waals surface area (Å²) in [5.74, 6) is 0.398. The minimum atomic E-state index is -0.718. The van der Waals surface area contributed by atoms with E-state index in [0.717, 1.165) is 30.6 Å². The maximum absolute atomic E-state index is 10.9. The maximum atomic E-state index is 10.9. The number of carboxylic acid groups (broad SMARTS) is 1. The van der Waals surface area contributed by atoms with Crippen molar-refractivity contribution >= 4 is 11.8 Å². The molecule has 4 N–H and O–H groups in total. The second kappa shape index (κ2) is 9.71. The van der Waals surface area contributed by atoms with Gasteiger partial charge >= 0.3 is 5.97 Å². The van der Waals surface area contributed by atoms with Crippen LogP contribution < -0.4 is 10.5 Å². The number of amidine groups is 1. The van der Waals surface area contributed by atoms with Crippen LogP contribution in [0.1, 0.15) is 42.5 Å². The number of nitrogens with one attached hydrogen (secondary N) is 1. The summed E-state index contributed by atoms with van der Waals surface area (Å²) in [4.78, 5) is 10.9. The van der Waals surface area contributed by atoms with Gasteiger partial charge in [-0.2, -0.15) is 0 Å². The van der Waals surface area contributed by atoms with Crippen LogP contribution in [0.3, 0.4) is 0 Å². The number of fused-ring (bicyclic) bond motifs is 1. The van der Waals surface area contributed by atoms with E-state index in [-0.39, 0.29) is 25.6 Å². The molecule has 1 unspecified atom stereocenters. The molecule has 1 aliphatic rings. The van der Waals surface area contributed by atoms with Crippen molar-refractivity contribution in [2.24, 2.45) is 11.7 Å². The quantitative estimate of drug-likeness (QED) is 0.526. The second-order valence-corrected chi connectivity index (χ2v) is 6.54. The average molecular weight is 376 g/mol. The van der Waals surface area contributed by atoms with E-state index in [9.17, 15) is 4.79 Å². The Morgan fingerprint density at radius 1 is 1.26 bits per heavy atom. The van der Waals surface area contributed by atoms with Crippen molar-refractivity contribution in [3.63, 3.8) is 0 Å². The van der Waals surface area contributed by atoms with Gasteiger partial charge in [-0.15, -0.1) is 0 Å². The van der Waals surface area contributed by atoms with Crippen molar-refractivity contribution in [2.45, 2.75) is 39.7 Å². The van der Waals surface area contributed by atoms with Crippen LogP contribution in [0.5, 0.6) is 5.75 Å². The van der Waals surface area contributed by atoms with Gasteiger partial charge in [0.05, 0.1) is 0 Å².